The molecule has 7 heteroatoms. The number of amides is 2. The highest BCUT2D eigenvalue weighted by atomic mass is 19.1. The molecule has 1 aromatic carbocycles. The normalized spacial score (nSPS) is 23.2. The largest absolute Gasteiger partial charge is 0.480 e. The van der Waals surface area contributed by atoms with Gasteiger partial charge in [0, 0.05) is 25.2 Å². The molecule has 0 bridgehead atoms. The Hall–Kier alpha value is -2.15. The molecule has 2 atom stereocenters. The molecule has 3 rings (SSSR count). The van der Waals surface area contributed by atoms with Crippen LogP contribution in [0.5, 0.6) is 0 Å². The number of carbonyl (C=O) groups excluding carboxylic acids is 1. The van der Waals surface area contributed by atoms with Gasteiger partial charge in [-0.3, -0.25) is 9.69 Å². The predicted molar refractivity (Wildman–Crippen MR) is 105 cm³/mol. The number of likely N-dealkylation sites (N-methyl/N-ethyl adjacent to an activating group) is 1. The van der Waals surface area contributed by atoms with Gasteiger partial charge >= 0.3 is 12.0 Å². The Morgan fingerprint density at radius 2 is 2.00 bits per heavy atom. The molecule has 2 N–H and O–H groups in total. The van der Waals surface area contributed by atoms with Crippen molar-refractivity contribution < 1.29 is 19.1 Å². The molecule has 6 nitrogen and oxygen atoms in total. The second kappa shape index (κ2) is 9.37. The predicted octanol–water partition coefficient (Wildman–Crippen LogP) is 3.04. The van der Waals surface area contributed by atoms with Crippen LogP contribution in [0.1, 0.15) is 50.5 Å². The Labute approximate surface area is 165 Å². The Balaban J connectivity index is 1.45. The van der Waals surface area contributed by atoms with Gasteiger partial charge in [-0.25, -0.2) is 9.18 Å². The van der Waals surface area contributed by atoms with Gasteiger partial charge in [0.1, 0.15) is 5.82 Å². The first kappa shape index (κ1) is 20.6. The number of carbonyl (C=O) groups is 2. The van der Waals surface area contributed by atoms with Gasteiger partial charge in [0.05, 0.1) is 6.54 Å². The van der Waals surface area contributed by atoms with Crippen molar-refractivity contribution >= 4 is 12.0 Å². The fourth-order valence-corrected chi connectivity index (χ4v) is 4.55. The molecule has 2 aliphatic rings. The molecule has 1 saturated heterocycles. The lowest BCUT2D eigenvalue weighted by molar-refractivity contribution is -0.139. The van der Waals surface area contributed by atoms with Crippen LogP contribution in [-0.4, -0.2) is 65.2 Å². The van der Waals surface area contributed by atoms with Crippen LogP contribution in [-0.2, 0) is 4.79 Å². The minimum Gasteiger partial charge on any atom is -0.480 e. The number of nitrogens with one attached hydrogen (secondary N) is 1. The van der Waals surface area contributed by atoms with Crippen LogP contribution in [0.3, 0.4) is 0 Å². The molecule has 0 spiro atoms. The summed E-state index contributed by atoms with van der Waals surface area (Å²) >= 11 is 0. The van der Waals surface area contributed by atoms with Gasteiger partial charge in [-0.1, -0.05) is 19.1 Å². The van der Waals surface area contributed by atoms with E-state index in [0.717, 1.165) is 37.7 Å². The molecular weight excluding hydrogens is 361 g/mol. The van der Waals surface area contributed by atoms with Crippen LogP contribution in [0.25, 0.3) is 0 Å². The summed E-state index contributed by atoms with van der Waals surface area (Å²) in [5.74, 6) is -0.728. The number of rotatable bonds is 6. The average Bonchev–Trinajstić information content (AvgIpc) is 3.14. The summed E-state index contributed by atoms with van der Waals surface area (Å²) < 4.78 is 13.4. The van der Waals surface area contributed by atoms with Crippen LogP contribution < -0.4 is 5.32 Å². The topological polar surface area (TPSA) is 72.9 Å². The van der Waals surface area contributed by atoms with Crippen molar-refractivity contribution in [1.82, 2.24) is 15.1 Å². The van der Waals surface area contributed by atoms with Crippen LogP contribution >= 0.6 is 0 Å². The van der Waals surface area contributed by atoms with Crippen LogP contribution in [0, 0.1) is 5.82 Å². The molecule has 1 aliphatic carbocycles. The van der Waals surface area contributed by atoms with E-state index in [-0.39, 0.29) is 30.5 Å². The number of carboxylic acid groups (broad SMARTS) is 1. The van der Waals surface area contributed by atoms with E-state index in [0.29, 0.717) is 25.6 Å². The maximum absolute atomic E-state index is 13.4. The van der Waals surface area contributed by atoms with E-state index in [4.69, 9.17) is 5.11 Å². The highest BCUT2D eigenvalue weighted by Gasteiger charge is 2.31. The molecule has 154 valence electrons. The third-order valence-corrected chi connectivity index (χ3v) is 6.09. The summed E-state index contributed by atoms with van der Waals surface area (Å²) in [6.07, 6.45) is 4.30. The number of likely N-dealkylation sites (tertiary alicyclic amines) is 1. The lowest BCUT2D eigenvalue weighted by atomic mass is 9.97. The van der Waals surface area contributed by atoms with Crippen molar-refractivity contribution in [1.29, 1.82) is 0 Å². The number of nitrogens with zero attached hydrogens (tertiary/aromatic N) is 2. The Kier molecular flexibility index (Phi) is 6.88. The van der Waals surface area contributed by atoms with Crippen LogP contribution in [0.15, 0.2) is 24.3 Å². The second-order valence-corrected chi connectivity index (χ2v) is 7.89. The van der Waals surface area contributed by atoms with Crippen molar-refractivity contribution in [3.63, 3.8) is 0 Å². The minimum absolute atomic E-state index is 0.0374. The maximum atomic E-state index is 13.4. The molecule has 28 heavy (non-hydrogen) atoms. The summed E-state index contributed by atoms with van der Waals surface area (Å²) in [4.78, 5) is 27.4. The standard InChI is InChI=1S/C21H30FN3O3/c1-2-24(14-20(26)27)19-8-10-25(11-9-19)21(28)23-18-7-6-16(13-18)15-4-3-5-17(22)12-15/h3-5,12,16,18-19H,2,6-11,13-14H2,1H3,(H,23,28)(H,26,27). The van der Waals surface area contributed by atoms with Crippen molar-refractivity contribution in [2.24, 2.45) is 0 Å². The molecule has 1 aliphatic heterocycles. The summed E-state index contributed by atoms with van der Waals surface area (Å²) in [5.41, 5.74) is 1.01. The van der Waals surface area contributed by atoms with Crippen molar-refractivity contribution in [2.45, 2.75) is 57.0 Å². The van der Waals surface area contributed by atoms with E-state index in [2.05, 4.69) is 5.32 Å². The van der Waals surface area contributed by atoms with E-state index >= 15 is 0 Å². The maximum Gasteiger partial charge on any atom is 0.317 e. The number of carboxylic acids is 1. The number of aliphatic carboxylic acids is 1. The van der Waals surface area contributed by atoms with Gasteiger partial charge in [0.25, 0.3) is 0 Å². The van der Waals surface area contributed by atoms with Crippen LogP contribution in [0.2, 0.25) is 0 Å². The quantitative estimate of drug-likeness (QED) is 0.782. The zero-order valence-corrected chi connectivity index (χ0v) is 16.4. The Bertz CT molecular complexity index is 691. The van der Waals surface area contributed by atoms with Gasteiger partial charge in [0.15, 0.2) is 0 Å². The van der Waals surface area contributed by atoms with E-state index in [1.807, 2.05) is 22.8 Å². The van der Waals surface area contributed by atoms with Gasteiger partial charge in [-0.15, -0.1) is 0 Å². The lowest BCUT2D eigenvalue weighted by Crippen LogP contribution is -2.51. The zero-order chi connectivity index (χ0) is 20.1. The lowest BCUT2D eigenvalue weighted by Gasteiger charge is -2.37. The monoisotopic (exact) mass is 391 g/mol. The fraction of sp³-hybridized carbons (Fsp3) is 0.619. The number of hydrogen-bond donors (Lipinski definition) is 2. The summed E-state index contributed by atoms with van der Waals surface area (Å²) in [5, 5.41) is 12.2. The van der Waals surface area contributed by atoms with E-state index < -0.39 is 5.97 Å². The molecule has 1 aromatic rings. The van der Waals surface area contributed by atoms with Crippen molar-refractivity contribution in [2.75, 3.05) is 26.2 Å². The van der Waals surface area contributed by atoms with Gasteiger partial charge < -0.3 is 15.3 Å². The first-order valence-corrected chi connectivity index (χ1v) is 10.2. The van der Waals surface area contributed by atoms with Crippen molar-refractivity contribution in [3.8, 4) is 0 Å². The van der Waals surface area contributed by atoms with Gasteiger partial charge in [0.2, 0.25) is 0 Å². The Morgan fingerprint density at radius 1 is 1.25 bits per heavy atom. The molecule has 0 radical (unpaired) electrons. The van der Waals surface area contributed by atoms with Gasteiger partial charge in [-0.05, 0) is 62.3 Å². The number of halogens is 1. The zero-order valence-electron chi connectivity index (χ0n) is 16.4. The minimum atomic E-state index is -0.809. The molecule has 1 heterocycles. The average molecular weight is 391 g/mol. The SMILES string of the molecule is CCN(CC(=O)O)C1CCN(C(=O)NC2CCC(c3cccc(F)c3)C2)CC1. The molecule has 2 fully saturated rings. The third-order valence-electron chi connectivity index (χ3n) is 6.09. The smallest absolute Gasteiger partial charge is 0.317 e. The molecule has 2 unspecified atom stereocenters. The van der Waals surface area contributed by atoms with Crippen LogP contribution in [0.4, 0.5) is 9.18 Å². The third kappa shape index (κ3) is 5.22. The van der Waals surface area contributed by atoms with E-state index in [1.165, 1.54) is 6.07 Å². The van der Waals surface area contributed by atoms with E-state index in [9.17, 15) is 14.0 Å². The summed E-state index contributed by atoms with van der Waals surface area (Å²) in [6.45, 7) is 4.01. The number of benzene rings is 1. The van der Waals surface area contributed by atoms with Gasteiger partial charge in [-0.2, -0.15) is 0 Å². The molecule has 0 aromatic heterocycles. The fourth-order valence-electron chi connectivity index (χ4n) is 4.55. The van der Waals surface area contributed by atoms with Crippen molar-refractivity contribution in [3.05, 3.63) is 35.6 Å². The highest BCUT2D eigenvalue weighted by Crippen LogP contribution is 2.34. The highest BCUT2D eigenvalue weighted by molar-refractivity contribution is 5.74. The Morgan fingerprint density at radius 3 is 2.64 bits per heavy atom. The number of urea groups is 1. The van der Waals surface area contributed by atoms with E-state index in [1.54, 1.807) is 12.1 Å². The molecule has 1 saturated carbocycles. The number of hydrogen-bond acceptors (Lipinski definition) is 3. The summed E-state index contributed by atoms with van der Waals surface area (Å²) in [6, 6.07) is 7.05. The first-order chi connectivity index (χ1) is 13.5. The summed E-state index contributed by atoms with van der Waals surface area (Å²) in [7, 11) is 0. The second-order valence-electron chi connectivity index (χ2n) is 7.89. The molecule has 2 amide bonds. The molecular formula is C21H30FN3O3. The first-order valence-electron chi connectivity index (χ1n) is 10.2. The number of piperidine rings is 1.